The number of aliphatic hydroxyl groups is 1. The molecule has 16 heavy (non-hydrogen) atoms. The Bertz CT molecular complexity index is 292. The summed E-state index contributed by atoms with van der Waals surface area (Å²) in [5, 5.41) is 10.6. The van der Waals surface area contributed by atoms with E-state index in [2.05, 4.69) is 20.8 Å². The average molecular weight is 220 g/mol. The van der Waals surface area contributed by atoms with Crippen molar-refractivity contribution in [3.8, 4) is 0 Å². The standard InChI is InChI=1S/C15H24O/c1-4-15(16,12-8-9-13(2)3)14-10-6-5-7-11-14/h5-7,10-11,13,16H,4,8-9,12H2,1-3H3. The molecule has 0 aliphatic carbocycles. The molecule has 0 radical (unpaired) electrons. The molecule has 0 aromatic heterocycles. The Hall–Kier alpha value is -0.820. The minimum Gasteiger partial charge on any atom is -0.385 e. The Balaban J connectivity index is 2.63. The molecule has 1 atom stereocenters. The van der Waals surface area contributed by atoms with E-state index in [4.69, 9.17) is 0 Å². The number of hydrogen-bond donors (Lipinski definition) is 1. The van der Waals surface area contributed by atoms with Crippen molar-refractivity contribution in [3.05, 3.63) is 35.9 Å². The van der Waals surface area contributed by atoms with Crippen molar-refractivity contribution in [3.63, 3.8) is 0 Å². The van der Waals surface area contributed by atoms with Crippen molar-refractivity contribution < 1.29 is 5.11 Å². The van der Waals surface area contributed by atoms with Crippen LogP contribution in [0, 0.1) is 5.92 Å². The first-order chi connectivity index (χ1) is 7.58. The first-order valence-corrected chi connectivity index (χ1v) is 6.36. The highest BCUT2D eigenvalue weighted by atomic mass is 16.3. The lowest BCUT2D eigenvalue weighted by atomic mass is 9.85. The minimum atomic E-state index is -0.629. The second-order valence-corrected chi connectivity index (χ2v) is 5.04. The van der Waals surface area contributed by atoms with E-state index in [-0.39, 0.29) is 0 Å². The number of hydrogen-bond acceptors (Lipinski definition) is 1. The van der Waals surface area contributed by atoms with Crippen LogP contribution in [0.4, 0.5) is 0 Å². The van der Waals surface area contributed by atoms with Crippen LogP contribution in [0.1, 0.15) is 52.0 Å². The fraction of sp³-hybridized carbons (Fsp3) is 0.600. The van der Waals surface area contributed by atoms with Crippen LogP contribution in [-0.4, -0.2) is 5.11 Å². The van der Waals surface area contributed by atoms with Crippen molar-refractivity contribution in [2.75, 3.05) is 0 Å². The van der Waals surface area contributed by atoms with Crippen molar-refractivity contribution in [1.29, 1.82) is 0 Å². The molecule has 1 nitrogen and oxygen atoms in total. The molecule has 0 fully saturated rings. The van der Waals surface area contributed by atoms with Gasteiger partial charge < -0.3 is 5.11 Å². The molecule has 0 bridgehead atoms. The molecule has 1 unspecified atom stereocenters. The maximum Gasteiger partial charge on any atom is 0.0893 e. The Morgan fingerprint density at radius 2 is 1.81 bits per heavy atom. The third-order valence-corrected chi connectivity index (χ3v) is 3.27. The van der Waals surface area contributed by atoms with Gasteiger partial charge in [-0.25, -0.2) is 0 Å². The third kappa shape index (κ3) is 3.64. The molecule has 90 valence electrons. The quantitative estimate of drug-likeness (QED) is 0.765. The molecular formula is C15H24O. The summed E-state index contributed by atoms with van der Waals surface area (Å²) in [6.45, 7) is 6.52. The maximum absolute atomic E-state index is 10.6. The van der Waals surface area contributed by atoms with Crippen molar-refractivity contribution in [1.82, 2.24) is 0 Å². The zero-order valence-electron chi connectivity index (χ0n) is 10.7. The van der Waals surface area contributed by atoms with E-state index in [1.165, 1.54) is 6.42 Å². The van der Waals surface area contributed by atoms with E-state index in [0.29, 0.717) is 0 Å². The summed E-state index contributed by atoms with van der Waals surface area (Å²) >= 11 is 0. The zero-order chi connectivity index (χ0) is 12.0. The highest BCUT2D eigenvalue weighted by Crippen LogP contribution is 2.30. The first-order valence-electron chi connectivity index (χ1n) is 6.36. The van der Waals surface area contributed by atoms with Crippen LogP contribution >= 0.6 is 0 Å². The summed E-state index contributed by atoms with van der Waals surface area (Å²) in [7, 11) is 0. The largest absolute Gasteiger partial charge is 0.385 e. The van der Waals surface area contributed by atoms with Gasteiger partial charge in [-0.15, -0.1) is 0 Å². The van der Waals surface area contributed by atoms with E-state index in [9.17, 15) is 5.11 Å². The van der Waals surface area contributed by atoms with Gasteiger partial charge in [0.25, 0.3) is 0 Å². The molecule has 0 amide bonds. The van der Waals surface area contributed by atoms with Gasteiger partial charge in [-0.05, 0) is 30.7 Å². The van der Waals surface area contributed by atoms with Crippen LogP contribution in [-0.2, 0) is 5.60 Å². The van der Waals surface area contributed by atoms with Crippen molar-refractivity contribution in [2.45, 2.75) is 52.1 Å². The van der Waals surface area contributed by atoms with Crippen molar-refractivity contribution in [2.24, 2.45) is 5.92 Å². The van der Waals surface area contributed by atoms with E-state index < -0.39 is 5.60 Å². The van der Waals surface area contributed by atoms with Gasteiger partial charge in [-0.2, -0.15) is 0 Å². The molecule has 0 heterocycles. The average Bonchev–Trinajstić information content (AvgIpc) is 2.29. The predicted octanol–water partition coefficient (Wildman–Crippen LogP) is 4.11. The second-order valence-electron chi connectivity index (χ2n) is 5.04. The van der Waals surface area contributed by atoms with Gasteiger partial charge in [-0.1, -0.05) is 57.5 Å². The molecule has 0 aliphatic rings. The normalized spacial score (nSPS) is 15.1. The van der Waals surface area contributed by atoms with Gasteiger partial charge in [0.1, 0.15) is 0 Å². The summed E-state index contributed by atoms with van der Waals surface area (Å²) in [5.41, 5.74) is 0.428. The monoisotopic (exact) mass is 220 g/mol. The Morgan fingerprint density at radius 1 is 1.19 bits per heavy atom. The first kappa shape index (κ1) is 13.2. The molecule has 0 saturated heterocycles. The molecule has 0 saturated carbocycles. The van der Waals surface area contributed by atoms with Gasteiger partial charge in [0.2, 0.25) is 0 Å². The molecular weight excluding hydrogens is 196 g/mol. The Morgan fingerprint density at radius 3 is 2.31 bits per heavy atom. The van der Waals surface area contributed by atoms with E-state index in [1.54, 1.807) is 0 Å². The van der Waals surface area contributed by atoms with Crippen LogP contribution in [0.25, 0.3) is 0 Å². The molecule has 1 aromatic rings. The highest BCUT2D eigenvalue weighted by molar-refractivity contribution is 5.21. The maximum atomic E-state index is 10.6. The fourth-order valence-corrected chi connectivity index (χ4v) is 2.08. The lowest BCUT2D eigenvalue weighted by Crippen LogP contribution is -2.24. The van der Waals surface area contributed by atoms with Gasteiger partial charge in [0, 0.05) is 0 Å². The smallest absolute Gasteiger partial charge is 0.0893 e. The predicted molar refractivity (Wildman–Crippen MR) is 69.3 cm³/mol. The van der Waals surface area contributed by atoms with Gasteiger partial charge in [-0.3, -0.25) is 0 Å². The Kier molecular flexibility index (Phi) is 5.01. The number of benzene rings is 1. The molecule has 1 aromatic carbocycles. The summed E-state index contributed by atoms with van der Waals surface area (Å²) in [6.07, 6.45) is 3.94. The topological polar surface area (TPSA) is 20.2 Å². The van der Waals surface area contributed by atoms with Crippen LogP contribution < -0.4 is 0 Å². The molecule has 1 rings (SSSR count). The van der Waals surface area contributed by atoms with E-state index in [1.807, 2.05) is 30.3 Å². The minimum absolute atomic E-state index is 0.629. The van der Waals surface area contributed by atoms with Crippen LogP contribution in [0.15, 0.2) is 30.3 Å². The molecule has 0 spiro atoms. The van der Waals surface area contributed by atoms with E-state index >= 15 is 0 Å². The summed E-state index contributed by atoms with van der Waals surface area (Å²) in [6, 6.07) is 10.0. The van der Waals surface area contributed by atoms with Gasteiger partial charge in [0.05, 0.1) is 5.60 Å². The van der Waals surface area contributed by atoms with Crippen LogP contribution in [0.2, 0.25) is 0 Å². The third-order valence-electron chi connectivity index (χ3n) is 3.27. The summed E-state index contributed by atoms with van der Waals surface area (Å²) < 4.78 is 0. The SMILES string of the molecule is CCC(O)(CCCC(C)C)c1ccccc1. The Labute approximate surface area is 99.5 Å². The fourth-order valence-electron chi connectivity index (χ4n) is 2.08. The molecule has 1 heteroatoms. The van der Waals surface area contributed by atoms with Gasteiger partial charge in [0.15, 0.2) is 0 Å². The van der Waals surface area contributed by atoms with E-state index in [0.717, 1.165) is 30.7 Å². The van der Waals surface area contributed by atoms with Gasteiger partial charge >= 0.3 is 0 Å². The number of rotatable bonds is 6. The second kappa shape index (κ2) is 6.05. The van der Waals surface area contributed by atoms with Crippen LogP contribution in [0.3, 0.4) is 0 Å². The lowest BCUT2D eigenvalue weighted by molar-refractivity contribution is 0.0200. The lowest BCUT2D eigenvalue weighted by Gasteiger charge is -2.27. The van der Waals surface area contributed by atoms with Crippen LogP contribution in [0.5, 0.6) is 0 Å². The summed E-state index contributed by atoms with van der Waals surface area (Å²) in [4.78, 5) is 0. The zero-order valence-corrected chi connectivity index (χ0v) is 10.7. The highest BCUT2D eigenvalue weighted by Gasteiger charge is 2.26. The molecule has 1 N–H and O–H groups in total. The molecule has 0 aliphatic heterocycles. The summed E-state index contributed by atoms with van der Waals surface area (Å²) in [5.74, 6) is 0.719. The van der Waals surface area contributed by atoms with Crippen molar-refractivity contribution >= 4 is 0 Å².